The maximum absolute atomic E-state index is 12.5. The van der Waals surface area contributed by atoms with Gasteiger partial charge in [0.15, 0.2) is 5.82 Å². The van der Waals surface area contributed by atoms with Crippen molar-refractivity contribution in [1.29, 1.82) is 0 Å². The molecule has 2 aliphatic rings. The lowest BCUT2D eigenvalue weighted by molar-refractivity contribution is 0.0290. The van der Waals surface area contributed by atoms with Gasteiger partial charge in [0, 0.05) is 31.7 Å². The predicted octanol–water partition coefficient (Wildman–Crippen LogP) is 5.01. The zero-order valence-corrected chi connectivity index (χ0v) is 19.0. The molecule has 1 aliphatic heterocycles. The Bertz CT molecular complexity index is 1080. The molecule has 1 saturated heterocycles. The second kappa shape index (κ2) is 8.82. The minimum Gasteiger partial charge on any atom is -0.424 e. The number of piperidine rings is 1. The highest BCUT2D eigenvalue weighted by Gasteiger charge is 2.46. The van der Waals surface area contributed by atoms with Gasteiger partial charge in [-0.2, -0.15) is 5.10 Å². The van der Waals surface area contributed by atoms with Crippen LogP contribution in [-0.4, -0.2) is 44.2 Å². The summed E-state index contributed by atoms with van der Waals surface area (Å²) in [7, 11) is 0. The summed E-state index contributed by atoms with van der Waals surface area (Å²) in [6, 6.07) is 11.9. The van der Waals surface area contributed by atoms with Crippen molar-refractivity contribution in [1.82, 2.24) is 25.1 Å². The number of carbonyl (C=O) groups excluding carboxylic acids is 1. The lowest BCUT2D eigenvalue weighted by Crippen LogP contribution is -2.49. The summed E-state index contributed by atoms with van der Waals surface area (Å²) < 4.78 is 6.63. The Morgan fingerprint density at radius 1 is 1.12 bits per heavy atom. The number of nitrogens with zero attached hydrogens (tertiary/aromatic N) is 5. The fraction of sp³-hybridized carbons (Fsp3) is 0.348. The first kappa shape index (κ1) is 20.8. The number of urea groups is 1. The first-order valence-electron chi connectivity index (χ1n) is 10.7. The zero-order valence-electron chi connectivity index (χ0n) is 17.4. The molecule has 2 fully saturated rings. The van der Waals surface area contributed by atoms with E-state index >= 15 is 0 Å². The number of hydrogen-bond acceptors (Lipinski definition) is 6. The molecular weight excluding hydrogens is 472 g/mol. The third kappa shape index (κ3) is 4.57. The van der Waals surface area contributed by atoms with Crippen LogP contribution in [0.5, 0.6) is 11.8 Å². The number of amides is 2. The molecular formula is C23H23BrN6O2. The monoisotopic (exact) mass is 494 g/mol. The van der Waals surface area contributed by atoms with Crippen molar-refractivity contribution < 1.29 is 9.53 Å². The summed E-state index contributed by atoms with van der Waals surface area (Å²) in [5, 5.41) is 10.5. The molecule has 0 atom stereocenters. The summed E-state index contributed by atoms with van der Waals surface area (Å²) in [5.74, 6) is 1.75. The average Bonchev–Trinajstić information content (AvgIpc) is 2.80. The molecule has 164 valence electrons. The third-order valence-electron chi connectivity index (χ3n) is 6.41. The molecule has 1 saturated carbocycles. The Morgan fingerprint density at radius 2 is 1.91 bits per heavy atom. The lowest BCUT2D eigenvalue weighted by Gasteiger charge is -2.52. The van der Waals surface area contributed by atoms with E-state index in [2.05, 4.69) is 53.5 Å². The molecule has 1 aliphatic carbocycles. The molecule has 3 aromatic rings. The van der Waals surface area contributed by atoms with Crippen molar-refractivity contribution in [2.75, 3.05) is 18.4 Å². The highest BCUT2D eigenvalue weighted by Crippen LogP contribution is 2.56. The van der Waals surface area contributed by atoms with Gasteiger partial charge in [-0.3, -0.25) is 5.32 Å². The minimum atomic E-state index is -0.101. The quantitative estimate of drug-likeness (QED) is 0.547. The molecule has 1 spiro atoms. The number of nitrogens with one attached hydrogen (secondary N) is 1. The van der Waals surface area contributed by atoms with Crippen molar-refractivity contribution in [3.05, 3.63) is 65.0 Å². The van der Waals surface area contributed by atoms with Gasteiger partial charge in [0.05, 0.1) is 4.47 Å². The maximum atomic E-state index is 12.5. The van der Waals surface area contributed by atoms with Gasteiger partial charge in [-0.1, -0.05) is 12.1 Å². The van der Waals surface area contributed by atoms with Crippen molar-refractivity contribution in [3.8, 4) is 11.8 Å². The van der Waals surface area contributed by atoms with Crippen molar-refractivity contribution in [2.24, 2.45) is 5.41 Å². The summed E-state index contributed by atoms with van der Waals surface area (Å²) in [6.45, 7) is 1.53. The molecule has 9 heteroatoms. The van der Waals surface area contributed by atoms with Crippen LogP contribution < -0.4 is 10.1 Å². The van der Waals surface area contributed by atoms with Crippen LogP contribution in [-0.2, 0) is 0 Å². The smallest absolute Gasteiger partial charge is 0.323 e. The van der Waals surface area contributed by atoms with E-state index in [4.69, 9.17) is 4.74 Å². The number of aromatic nitrogens is 4. The number of anilines is 1. The standard InChI is InChI=1S/C23H23BrN6O2/c24-18-14-25-21(26-15-18)32-19-4-1-3-16(11-19)17-12-23(13-17)6-9-30(10-7-23)22(31)28-20-5-2-8-27-29-20/h1-5,8,11,14-15,17H,6-7,9-10,12-13H2,(H,28,29,31). The van der Waals surface area contributed by atoms with Gasteiger partial charge in [0.2, 0.25) is 0 Å². The van der Waals surface area contributed by atoms with E-state index in [1.165, 1.54) is 5.56 Å². The van der Waals surface area contributed by atoms with Gasteiger partial charge in [-0.05, 0) is 82.8 Å². The van der Waals surface area contributed by atoms with Gasteiger partial charge in [-0.15, -0.1) is 5.10 Å². The fourth-order valence-electron chi connectivity index (χ4n) is 4.66. The van der Waals surface area contributed by atoms with Crippen molar-refractivity contribution in [2.45, 2.75) is 31.6 Å². The number of benzene rings is 1. The Hall–Kier alpha value is -3.07. The second-order valence-electron chi connectivity index (χ2n) is 8.49. The van der Waals surface area contributed by atoms with Crippen molar-refractivity contribution >= 4 is 27.8 Å². The van der Waals surface area contributed by atoms with Gasteiger partial charge >= 0.3 is 12.0 Å². The second-order valence-corrected chi connectivity index (χ2v) is 9.41. The van der Waals surface area contributed by atoms with E-state index < -0.39 is 0 Å². The number of halogens is 1. The molecule has 0 radical (unpaired) electrons. The molecule has 2 aromatic heterocycles. The molecule has 3 heterocycles. The molecule has 1 N–H and O–H groups in total. The molecule has 0 bridgehead atoms. The number of hydrogen-bond donors (Lipinski definition) is 1. The van der Waals surface area contributed by atoms with Gasteiger partial charge in [0.1, 0.15) is 5.75 Å². The Morgan fingerprint density at radius 3 is 2.62 bits per heavy atom. The fourth-order valence-corrected chi connectivity index (χ4v) is 4.87. The summed E-state index contributed by atoms with van der Waals surface area (Å²) >= 11 is 3.33. The normalized spacial score (nSPS) is 17.6. The zero-order chi connectivity index (χ0) is 22.0. The number of ether oxygens (including phenoxy) is 1. The molecule has 32 heavy (non-hydrogen) atoms. The number of rotatable bonds is 4. The summed E-state index contributed by atoms with van der Waals surface area (Å²) in [5.41, 5.74) is 1.62. The lowest BCUT2D eigenvalue weighted by atomic mass is 9.56. The van der Waals surface area contributed by atoms with Crippen LogP contribution in [0.4, 0.5) is 10.6 Å². The summed E-state index contributed by atoms with van der Waals surface area (Å²) in [4.78, 5) is 22.7. The van der Waals surface area contributed by atoms with Crippen LogP contribution in [0.15, 0.2) is 59.5 Å². The highest BCUT2D eigenvalue weighted by atomic mass is 79.9. The van der Waals surface area contributed by atoms with E-state index in [0.29, 0.717) is 23.2 Å². The van der Waals surface area contributed by atoms with E-state index in [1.807, 2.05) is 17.0 Å². The minimum absolute atomic E-state index is 0.101. The Balaban J connectivity index is 1.14. The van der Waals surface area contributed by atoms with Crippen LogP contribution in [0.25, 0.3) is 0 Å². The van der Waals surface area contributed by atoms with Gasteiger partial charge in [-0.25, -0.2) is 14.8 Å². The number of carbonyl (C=O) groups is 1. The first-order valence-corrected chi connectivity index (χ1v) is 11.5. The van der Waals surface area contributed by atoms with E-state index in [9.17, 15) is 4.79 Å². The molecule has 1 aromatic carbocycles. The predicted molar refractivity (Wildman–Crippen MR) is 123 cm³/mol. The van der Waals surface area contributed by atoms with E-state index in [0.717, 1.165) is 49.0 Å². The van der Waals surface area contributed by atoms with Crippen LogP contribution in [0, 0.1) is 5.41 Å². The van der Waals surface area contributed by atoms with E-state index in [-0.39, 0.29) is 6.03 Å². The van der Waals surface area contributed by atoms with Crippen LogP contribution in [0.2, 0.25) is 0 Å². The van der Waals surface area contributed by atoms with E-state index in [1.54, 1.807) is 30.7 Å². The van der Waals surface area contributed by atoms with Gasteiger partial charge < -0.3 is 9.64 Å². The maximum Gasteiger partial charge on any atom is 0.323 e. The average molecular weight is 495 g/mol. The third-order valence-corrected chi connectivity index (χ3v) is 6.82. The first-order chi connectivity index (χ1) is 15.6. The topological polar surface area (TPSA) is 93.1 Å². The Labute approximate surface area is 194 Å². The van der Waals surface area contributed by atoms with Crippen LogP contribution in [0.3, 0.4) is 0 Å². The summed E-state index contributed by atoms with van der Waals surface area (Å²) in [6.07, 6.45) is 9.27. The number of likely N-dealkylation sites (tertiary alicyclic amines) is 1. The van der Waals surface area contributed by atoms with Crippen molar-refractivity contribution in [3.63, 3.8) is 0 Å². The highest BCUT2D eigenvalue weighted by molar-refractivity contribution is 9.10. The SMILES string of the molecule is O=C(Nc1cccnn1)N1CCC2(CC1)CC(c1cccc(Oc3ncc(Br)cn3)c1)C2. The largest absolute Gasteiger partial charge is 0.424 e. The van der Waals surface area contributed by atoms with Gasteiger partial charge in [0.25, 0.3) is 0 Å². The molecule has 5 rings (SSSR count). The molecule has 2 amide bonds. The molecule has 0 unspecified atom stereocenters. The molecule has 8 nitrogen and oxygen atoms in total. The van der Waals surface area contributed by atoms with Crippen LogP contribution in [0.1, 0.15) is 37.2 Å². The Kier molecular flexibility index (Phi) is 5.73. The van der Waals surface area contributed by atoms with Crippen LogP contribution >= 0.6 is 15.9 Å².